The summed E-state index contributed by atoms with van der Waals surface area (Å²) in [6.45, 7) is 3.68. The summed E-state index contributed by atoms with van der Waals surface area (Å²) in [5, 5.41) is 11.9. The van der Waals surface area contributed by atoms with Crippen LogP contribution >= 0.6 is 11.8 Å². The topological polar surface area (TPSA) is 49.3 Å². The van der Waals surface area contributed by atoms with Gasteiger partial charge in [-0.1, -0.05) is 30.8 Å². The van der Waals surface area contributed by atoms with Crippen molar-refractivity contribution in [3.05, 3.63) is 29.8 Å². The normalized spacial score (nSPS) is 14.1. The van der Waals surface area contributed by atoms with Gasteiger partial charge in [-0.25, -0.2) is 0 Å². The average Bonchev–Trinajstić information content (AvgIpc) is 2.38. The van der Waals surface area contributed by atoms with Crippen LogP contribution in [0.25, 0.3) is 0 Å². The van der Waals surface area contributed by atoms with Gasteiger partial charge in [0.2, 0.25) is 0 Å². The summed E-state index contributed by atoms with van der Waals surface area (Å²) >= 11 is 0.357. The van der Waals surface area contributed by atoms with Crippen LogP contribution in [-0.4, -0.2) is 28.9 Å². The second-order valence-electron chi connectivity index (χ2n) is 4.72. The third-order valence-electron chi connectivity index (χ3n) is 3.21. The highest BCUT2D eigenvalue weighted by Crippen LogP contribution is 2.28. The number of benzene rings is 1. The van der Waals surface area contributed by atoms with Crippen molar-refractivity contribution >= 4 is 17.7 Å². The van der Waals surface area contributed by atoms with Crippen molar-refractivity contribution in [2.24, 2.45) is 0 Å². The van der Waals surface area contributed by atoms with Crippen LogP contribution in [0.15, 0.2) is 29.2 Å². The van der Waals surface area contributed by atoms with Crippen LogP contribution in [0.4, 0.5) is 8.78 Å². The number of nitrogens with one attached hydrogen (secondary N) is 1. The lowest BCUT2D eigenvalue weighted by atomic mass is 9.94. The Bertz CT molecular complexity index is 457. The fourth-order valence-corrected chi connectivity index (χ4v) is 2.41. The molecule has 20 heavy (non-hydrogen) atoms. The predicted molar refractivity (Wildman–Crippen MR) is 76.2 cm³/mol. The molecule has 3 nitrogen and oxygen atoms in total. The van der Waals surface area contributed by atoms with Crippen molar-refractivity contribution in [2.75, 3.05) is 6.61 Å². The summed E-state index contributed by atoms with van der Waals surface area (Å²) in [6.07, 6.45) is 1.06. The number of halogens is 2. The highest BCUT2D eigenvalue weighted by molar-refractivity contribution is 7.99. The molecule has 0 aliphatic carbocycles. The molecule has 1 aromatic carbocycles. The van der Waals surface area contributed by atoms with E-state index < -0.39 is 17.2 Å². The van der Waals surface area contributed by atoms with Gasteiger partial charge in [0.25, 0.3) is 11.7 Å². The maximum absolute atomic E-state index is 12.5. The van der Waals surface area contributed by atoms with Gasteiger partial charge in [-0.2, -0.15) is 8.78 Å². The van der Waals surface area contributed by atoms with Crippen LogP contribution < -0.4 is 5.32 Å². The predicted octanol–water partition coefficient (Wildman–Crippen LogP) is 3.28. The second kappa shape index (κ2) is 7.59. The minimum absolute atomic E-state index is 0.0436. The van der Waals surface area contributed by atoms with Crippen molar-refractivity contribution in [3.63, 3.8) is 0 Å². The molecule has 0 heterocycles. The lowest BCUT2D eigenvalue weighted by molar-refractivity contribution is 0.0883. The van der Waals surface area contributed by atoms with Gasteiger partial charge in [0.15, 0.2) is 0 Å². The zero-order valence-electron chi connectivity index (χ0n) is 11.5. The number of hydrogen-bond donors (Lipinski definition) is 2. The van der Waals surface area contributed by atoms with Crippen LogP contribution in [0, 0.1) is 0 Å². The van der Waals surface area contributed by atoms with E-state index in [4.69, 9.17) is 5.11 Å². The Morgan fingerprint density at radius 3 is 2.65 bits per heavy atom. The van der Waals surface area contributed by atoms with Crippen LogP contribution in [0.2, 0.25) is 0 Å². The quantitative estimate of drug-likeness (QED) is 0.760. The van der Waals surface area contributed by atoms with Gasteiger partial charge in [-0.05, 0) is 31.9 Å². The van der Waals surface area contributed by atoms with E-state index in [0.29, 0.717) is 24.6 Å². The van der Waals surface area contributed by atoms with Gasteiger partial charge < -0.3 is 10.4 Å². The number of aliphatic hydroxyl groups excluding tert-OH is 1. The fourth-order valence-electron chi connectivity index (χ4n) is 1.77. The van der Waals surface area contributed by atoms with Gasteiger partial charge in [-0.3, -0.25) is 4.79 Å². The first-order chi connectivity index (χ1) is 9.41. The standard InChI is InChI=1S/C14H19F2NO2S/c1-3-14(2,8-9-18)17-12(19)10-6-4-5-7-11(10)20-13(15)16/h4-7,13,18H,3,8-9H2,1-2H3,(H,17,19). The highest BCUT2D eigenvalue weighted by atomic mass is 32.2. The van der Waals surface area contributed by atoms with Crippen molar-refractivity contribution in [3.8, 4) is 0 Å². The molecule has 0 radical (unpaired) electrons. The van der Waals surface area contributed by atoms with Crippen molar-refractivity contribution in [1.29, 1.82) is 0 Å². The summed E-state index contributed by atoms with van der Waals surface area (Å²) in [5.41, 5.74) is -0.315. The lowest BCUT2D eigenvalue weighted by Gasteiger charge is -2.29. The first kappa shape index (κ1) is 16.9. The Morgan fingerprint density at radius 2 is 2.10 bits per heavy atom. The third kappa shape index (κ3) is 4.76. The number of carbonyl (C=O) groups is 1. The zero-order chi connectivity index (χ0) is 15.2. The Hall–Kier alpha value is -1.14. The van der Waals surface area contributed by atoms with Crippen LogP contribution in [-0.2, 0) is 0 Å². The number of aliphatic hydroxyl groups is 1. The molecule has 1 rings (SSSR count). The minimum atomic E-state index is -2.57. The molecule has 1 amide bonds. The van der Waals surface area contributed by atoms with Gasteiger partial charge in [0, 0.05) is 17.0 Å². The van der Waals surface area contributed by atoms with E-state index in [-0.39, 0.29) is 17.1 Å². The Labute approximate surface area is 121 Å². The Balaban J connectivity index is 2.92. The summed E-state index contributed by atoms with van der Waals surface area (Å²) in [5.74, 6) is -2.97. The average molecular weight is 303 g/mol. The third-order valence-corrected chi connectivity index (χ3v) is 4.00. The Kier molecular flexibility index (Phi) is 6.42. The molecule has 6 heteroatoms. The molecule has 1 atom stereocenters. The van der Waals surface area contributed by atoms with Crippen molar-refractivity contribution < 1.29 is 18.7 Å². The summed E-state index contributed by atoms with van der Waals surface area (Å²) < 4.78 is 25.0. The summed E-state index contributed by atoms with van der Waals surface area (Å²) in [6, 6.07) is 6.28. The molecule has 0 bridgehead atoms. The van der Waals surface area contributed by atoms with Crippen LogP contribution in [0.5, 0.6) is 0 Å². The van der Waals surface area contributed by atoms with Crippen molar-refractivity contribution in [2.45, 2.75) is 42.9 Å². The van der Waals surface area contributed by atoms with Crippen LogP contribution in [0.1, 0.15) is 37.0 Å². The van der Waals surface area contributed by atoms with E-state index in [1.54, 1.807) is 12.1 Å². The van der Waals surface area contributed by atoms with E-state index in [1.807, 2.05) is 13.8 Å². The molecule has 112 valence electrons. The molecule has 0 aliphatic heterocycles. The molecule has 0 aromatic heterocycles. The number of rotatable bonds is 7. The fraction of sp³-hybridized carbons (Fsp3) is 0.500. The zero-order valence-corrected chi connectivity index (χ0v) is 12.3. The largest absolute Gasteiger partial charge is 0.396 e. The first-order valence-corrected chi connectivity index (χ1v) is 7.27. The number of carbonyl (C=O) groups excluding carboxylic acids is 1. The molecule has 2 N–H and O–H groups in total. The van der Waals surface area contributed by atoms with Gasteiger partial charge in [0.05, 0.1) is 5.56 Å². The van der Waals surface area contributed by atoms with Gasteiger partial charge in [0.1, 0.15) is 0 Å². The van der Waals surface area contributed by atoms with Gasteiger partial charge in [-0.15, -0.1) is 0 Å². The molecular weight excluding hydrogens is 284 g/mol. The molecule has 1 unspecified atom stereocenters. The second-order valence-corrected chi connectivity index (χ2v) is 5.75. The summed E-state index contributed by atoms with van der Waals surface area (Å²) in [4.78, 5) is 12.5. The molecule has 0 saturated carbocycles. The molecule has 0 spiro atoms. The molecule has 0 fully saturated rings. The van der Waals surface area contributed by atoms with Gasteiger partial charge >= 0.3 is 0 Å². The number of hydrogen-bond acceptors (Lipinski definition) is 3. The van der Waals surface area contributed by atoms with Crippen LogP contribution in [0.3, 0.4) is 0 Å². The number of thioether (sulfide) groups is 1. The number of amides is 1. The smallest absolute Gasteiger partial charge is 0.288 e. The first-order valence-electron chi connectivity index (χ1n) is 6.39. The summed E-state index contributed by atoms with van der Waals surface area (Å²) in [7, 11) is 0. The minimum Gasteiger partial charge on any atom is -0.396 e. The SMILES string of the molecule is CCC(C)(CCO)NC(=O)c1ccccc1SC(F)F. The molecule has 0 aliphatic rings. The van der Waals surface area contributed by atoms with E-state index in [0.717, 1.165) is 0 Å². The maximum atomic E-state index is 12.5. The number of alkyl halides is 2. The maximum Gasteiger partial charge on any atom is 0.288 e. The highest BCUT2D eigenvalue weighted by Gasteiger charge is 2.25. The van der Waals surface area contributed by atoms with E-state index in [9.17, 15) is 13.6 Å². The van der Waals surface area contributed by atoms with Crippen molar-refractivity contribution in [1.82, 2.24) is 5.32 Å². The Morgan fingerprint density at radius 1 is 1.45 bits per heavy atom. The van der Waals surface area contributed by atoms with E-state index in [2.05, 4.69) is 5.32 Å². The van der Waals surface area contributed by atoms with E-state index >= 15 is 0 Å². The molecular formula is C14H19F2NO2S. The monoisotopic (exact) mass is 303 g/mol. The lowest BCUT2D eigenvalue weighted by Crippen LogP contribution is -2.46. The van der Waals surface area contributed by atoms with E-state index in [1.165, 1.54) is 12.1 Å². The molecule has 0 saturated heterocycles. The molecule has 1 aromatic rings.